The fourth-order valence-electron chi connectivity index (χ4n) is 3.50. The molecule has 0 spiro atoms. The van der Waals surface area contributed by atoms with Crippen molar-refractivity contribution >= 4 is 23.7 Å². The molecular formula is C23H40N2O5. The van der Waals surface area contributed by atoms with Gasteiger partial charge in [0, 0.05) is 19.3 Å². The van der Waals surface area contributed by atoms with Gasteiger partial charge in [0.2, 0.25) is 5.91 Å². The molecule has 172 valence electrons. The van der Waals surface area contributed by atoms with Gasteiger partial charge in [-0.1, -0.05) is 84.0 Å². The van der Waals surface area contributed by atoms with Gasteiger partial charge in [0.25, 0.3) is 11.8 Å². The Hall–Kier alpha value is -1.92. The molecule has 1 saturated heterocycles. The lowest BCUT2D eigenvalue weighted by atomic mass is 10.0. The maximum absolute atomic E-state index is 12.0. The fourth-order valence-corrected chi connectivity index (χ4v) is 3.50. The van der Waals surface area contributed by atoms with Crippen molar-refractivity contribution in [3.63, 3.8) is 0 Å². The van der Waals surface area contributed by atoms with Gasteiger partial charge in [-0.3, -0.25) is 14.4 Å². The van der Waals surface area contributed by atoms with Gasteiger partial charge < -0.3 is 10.2 Å². The third-order valence-electron chi connectivity index (χ3n) is 5.43. The summed E-state index contributed by atoms with van der Waals surface area (Å²) in [6, 6.07) is -0.902. The minimum Gasteiger partial charge on any atom is -0.343 e. The van der Waals surface area contributed by atoms with E-state index in [1.165, 1.54) is 71.1 Å². The molecule has 0 aliphatic carbocycles. The molecule has 1 aliphatic heterocycles. The average Bonchev–Trinajstić information content (AvgIpc) is 3.03. The maximum atomic E-state index is 12.0. The highest BCUT2D eigenvalue weighted by atomic mass is 16.7. The topological polar surface area (TPSA) is 92.8 Å². The highest BCUT2D eigenvalue weighted by Crippen LogP contribution is 2.14. The largest absolute Gasteiger partial charge is 0.354 e. The summed E-state index contributed by atoms with van der Waals surface area (Å²) in [5.41, 5.74) is 0. The van der Waals surface area contributed by atoms with Crippen LogP contribution >= 0.6 is 0 Å². The Kier molecular flexibility index (Phi) is 13.8. The predicted molar refractivity (Wildman–Crippen MR) is 115 cm³/mol. The molecule has 1 N–H and O–H groups in total. The van der Waals surface area contributed by atoms with Crippen LogP contribution in [-0.4, -0.2) is 34.8 Å². The molecule has 0 radical (unpaired) electrons. The number of unbranched alkanes of at least 4 members (excludes halogenated alkanes) is 12. The monoisotopic (exact) mass is 424 g/mol. The van der Waals surface area contributed by atoms with Gasteiger partial charge in [0.05, 0.1) is 0 Å². The Morgan fingerprint density at radius 1 is 0.833 bits per heavy atom. The fraction of sp³-hybridized carbons (Fsp3) is 0.826. The molecule has 0 aromatic carbocycles. The minimum absolute atomic E-state index is 0.0475. The summed E-state index contributed by atoms with van der Waals surface area (Å²) in [7, 11) is 0. The summed E-state index contributed by atoms with van der Waals surface area (Å²) in [4.78, 5) is 51.6. The quantitative estimate of drug-likeness (QED) is 0.272. The zero-order chi connectivity index (χ0) is 22.2. The van der Waals surface area contributed by atoms with Crippen molar-refractivity contribution in [2.45, 2.75) is 123 Å². The molecule has 0 aromatic rings. The van der Waals surface area contributed by atoms with Crippen LogP contribution in [0.1, 0.15) is 117 Å². The Morgan fingerprint density at radius 3 is 1.73 bits per heavy atom. The van der Waals surface area contributed by atoms with Crippen molar-refractivity contribution in [1.82, 2.24) is 10.4 Å². The van der Waals surface area contributed by atoms with E-state index in [-0.39, 0.29) is 18.7 Å². The van der Waals surface area contributed by atoms with Crippen molar-refractivity contribution in [3.05, 3.63) is 0 Å². The number of carbonyl (C=O) groups excluding carboxylic acids is 4. The Labute approximate surface area is 181 Å². The predicted octanol–water partition coefficient (Wildman–Crippen LogP) is 4.58. The van der Waals surface area contributed by atoms with Gasteiger partial charge in [-0.05, 0) is 13.3 Å². The molecule has 0 saturated carbocycles. The molecule has 0 aromatic heterocycles. The van der Waals surface area contributed by atoms with Crippen LogP contribution in [0.15, 0.2) is 0 Å². The summed E-state index contributed by atoms with van der Waals surface area (Å²) in [5, 5.41) is 3.06. The molecule has 0 bridgehead atoms. The summed E-state index contributed by atoms with van der Waals surface area (Å²) in [6.07, 6.45) is 16.6. The Bertz CT molecular complexity index is 534. The number of amides is 3. The molecule has 1 atom stereocenters. The van der Waals surface area contributed by atoms with E-state index in [4.69, 9.17) is 4.84 Å². The number of nitrogens with one attached hydrogen (secondary N) is 1. The van der Waals surface area contributed by atoms with E-state index < -0.39 is 23.8 Å². The number of imide groups is 1. The summed E-state index contributed by atoms with van der Waals surface area (Å²) < 4.78 is 0. The SMILES string of the molecule is CCCCCCCCCCCCCCCC(=O)N[C@@H](C)C(=O)ON1C(=O)CCC1=O. The van der Waals surface area contributed by atoms with Crippen LogP contribution in [0.3, 0.4) is 0 Å². The number of nitrogens with zero attached hydrogens (tertiary/aromatic N) is 1. The number of hydroxylamine groups is 2. The van der Waals surface area contributed by atoms with Crippen LogP contribution < -0.4 is 5.32 Å². The third kappa shape index (κ3) is 11.3. The average molecular weight is 425 g/mol. The molecule has 1 fully saturated rings. The van der Waals surface area contributed by atoms with Crippen LogP contribution in [0.25, 0.3) is 0 Å². The molecule has 1 rings (SSSR count). The molecule has 1 aliphatic rings. The second-order valence-electron chi connectivity index (χ2n) is 8.27. The lowest BCUT2D eigenvalue weighted by Crippen LogP contribution is -2.43. The van der Waals surface area contributed by atoms with Crippen molar-refractivity contribution in [2.24, 2.45) is 0 Å². The van der Waals surface area contributed by atoms with E-state index in [1.54, 1.807) is 0 Å². The number of carbonyl (C=O) groups is 4. The zero-order valence-corrected chi connectivity index (χ0v) is 18.9. The molecule has 7 nitrogen and oxygen atoms in total. The van der Waals surface area contributed by atoms with Gasteiger partial charge >= 0.3 is 5.97 Å². The molecule has 30 heavy (non-hydrogen) atoms. The second kappa shape index (κ2) is 15.9. The first-order chi connectivity index (χ1) is 14.5. The lowest BCUT2D eigenvalue weighted by Gasteiger charge is -2.17. The maximum Gasteiger partial charge on any atom is 0.354 e. The zero-order valence-electron chi connectivity index (χ0n) is 18.9. The van der Waals surface area contributed by atoms with E-state index in [0.29, 0.717) is 11.5 Å². The highest BCUT2D eigenvalue weighted by molar-refractivity contribution is 6.01. The smallest absolute Gasteiger partial charge is 0.343 e. The first-order valence-corrected chi connectivity index (χ1v) is 11.8. The van der Waals surface area contributed by atoms with E-state index in [1.807, 2.05) is 0 Å². The van der Waals surface area contributed by atoms with Crippen LogP contribution in [0.5, 0.6) is 0 Å². The second-order valence-corrected chi connectivity index (χ2v) is 8.27. The van der Waals surface area contributed by atoms with Crippen molar-refractivity contribution in [2.75, 3.05) is 0 Å². The lowest BCUT2D eigenvalue weighted by molar-refractivity contribution is -0.198. The van der Waals surface area contributed by atoms with Gasteiger partial charge in [0.15, 0.2) is 0 Å². The normalized spacial score (nSPS) is 14.8. The number of hydrogen-bond donors (Lipinski definition) is 1. The first-order valence-electron chi connectivity index (χ1n) is 11.8. The van der Waals surface area contributed by atoms with Crippen molar-refractivity contribution in [1.29, 1.82) is 0 Å². The van der Waals surface area contributed by atoms with E-state index >= 15 is 0 Å². The van der Waals surface area contributed by atoms with Crippen molar-refractivity contribution < 1.29 is 24.0 Å². The van der Waals surface area contributed by atoms with Crippen LogP contribution in [0.2, 0.25) is 0 Å². The molecule has 7 heteroatoms. The Morgan fingerprint density at radius 2 is 1.27 bits per heavy atom. The molecular weight excluding hydrogens is 384 g/mol. The van der Waals surface area contributed by atoms with E-state index in [0.717, 1.165) is 19.3 Å². The first kappa shape index (κ1) is 26.1. The summed E-state index contributed by atoms with van der Waals surface area (Å²) in [5.74, 6) is -2.09. The summed E-state index contributed by atoms with van der Waals surface area (Å²) >= 11 is 0. The van der Waals surface area contributed by atoms with E-state index in [2.05, 4.69) is 12.2 Å². The Balaban J connectivity index is 1.97. The van der Waals surface area contributed by atoms with Crippen molar-refractivity contribution in [3.8, 4) is 0 Å². The standard InChI is InChI=1S/C23H40N2O5/c1-3-4-5-6-7-8-9-10-11-12-13-14-15-16-20(26)24-19(2)23(29)30-25-21(27)17-18-22(25)28/h19H,3-18H2,1-2H3,(H,24,26)/t19-/m0/s1. The minimum atomic E-state index is -0.902. The summed E-state index contributed by atoms with van der Waals surface area (Å²) in [6.45, 7) is 3.72. The van der Waals surface area contributed by atoms with Gasteiger partial charge in [0.1, 0.15) is 6.04 Å². The van der Waals surface area contributed by atoms with Gasteiger partial charge in [-0.2, -0.15) is 0 Å². The van der Waals surface area contributed by atoms with Gasteiger partial charge in [-0.15, -0.1) is 5.06 Å². The van der Waals surface area contributed by atoms with E-state index in [9.17, 15) is 19.2 Å². The highest BCUT2D eigenvalue weighted by Gasteiger charge is 2.34. The number of hydrogen-bond acceptors (Lipinski definition) is 5. The molecule has 3 amide bonds. The number of rotatable bonds is 17. The van der Waals surface area contributed by atoms with Gasteiger partial charge in [-0.25, -0.2) is 4.79 Å². The molecule has 1 heterocycles. The molecule has 0 unspecified atom stereocenters. The van der Waals surface area contributed by atoms with Crippen LogP contribution in [0.4, 0.5) is 0 Å². The van der Waals surface area contributed by atoms with Crippen LogP contribution in [-0.2, 0) is 24.0 Å². The third-order valence-corrected chi connectivity index (χ3v) is 5.43. The van der Waals surface area contributed by atoms with Crippen LogP contribution in [0, 0.1) is 0 Å².